The van der Waals surface area contributed by atoms with E-state index in [-0.39, 0.29) is 5.43 Å². The van der Waals surface area contributed by atoms with Gasteiger partial charge in [0.25, 0.3) is 0 Å². The van der Waals surface area contributed by atoms with Gasteiger partial charge in [-0.25, -0.2) is 4.79 Å². The van der Waals surface area contributed by atoms with Crippen LogP contribution in [0.25, 0.3) is 20.2 Å². The molecule has 4 heteroatoms. The van der Waals surface area contributed by atoms with Crippen LogP contribution in [0.5, 0.6) is 0 Å². The van der Waals surface area contributed by atoms with Crippen molar-refractivity contribution in [1.82, 2.24) is 0 Å². The molecule has 100 valence electrons. The molecule has 3 aromatic rings. The van der Waals surface area contributed by atoms with E-state index in [9.17, 15) is 9.59 Å². The monoisotopic (exact) mass is 284 g/mol. The van der Waals surface area contributed by atoms with Crippen LogP contribution in [0.3, 0.4) is 0 Å². The van der Waals surface area contributed by atoms with Crippen molar-refractivity contribution in [2.45, 2.75) is 6.92 Å². The van der Waals surface area contributed by atoms with Crippen LogP contribution in [-0.4, -0.2) is 12.6 Å². The lowest BCUT2D eigenvalue weighted by molar-refractivity contribution is 0.0526. The summed E-state index contributed by atoms with van der Waals surface area (Å²) in [5, 5.41) is 1.25. The van der Waals surface area contributed by atoms with Gasteiger partial charge in [0.15, 0.2) is 5.43 Å². The van der Waals surface area contributed by atoms with E-state index in [0.29, 0.717) is 22.9 Å². The summed E-state index contributed by atoms with van der Waals surface area (Å²) < 4.78 is 6.80. The van der Waals surface area contributed by atoms with E-state index < -0.39 is 5.97 Å². The summed E-state index contributed by atoms with van der Waals surface area (Å²) in [4.78, 5) is 24.2. The van der Waals surface area contributed by atoms with E-state index in [1.165, 1.54) is 0 Å². The third kappa shape index (κ3) is 2.08. The first kappa shape index (κ1) is 12.8. The van der Waals surface area contributed by atoms with Crippen molar-refractivity contribution >= 4 is 37.5 Å². The Hall–Kier alpha value is -2.20. The van der Waals surface area contributed by atoms with Gasteiger partial charge < -0.3 is 4.74 Å². The van der Waals surface area contributed by atoms with Crippen LogP contribution < -0.4 is 5.43 Å². The van der Waals surface area contributed by atoms with E-state index in [2.05, 4.69) is 0 Å². The van der Waals surface area contributed by atoms with Crippen molar-refractivity contribution in [2.75, 3.05) is 6.61 Å². The number of rotatable bonds is 2. The zero-order valence-corrected chi connectivity index (χ0v) is 11.7. The molecule has 0 atom stereocenters. The zero-order valence-electron chi connectivity index (χ0n) is 10.9. The SMILES string of the molecule is CCOC(=O)c1ccc2sc3ccccc3c(=O)c2c1. The smallest absolute Gasteiger partial charge is 0.338 e. The van der Waals surface area contributed by atoms with Crippen molar-refractivity contribution in [3.63, 3.8) is 0 Å². The summed E-state index contributed by atoms with van der Waals surface area (Å²) in [6, 6.07) is 12.6. The molecule has 0 aliphatic carbocycles. The van der Waals surface area contributed by atoms with Crippen LogP contribution >= 0.6 is 11.3 Å². The molecule has 20 heavy (non-hydrogen) atoms. The fourth-order valence-electron chi connectivity index (χ4n) is 2.14. The quantitative estimate of drug-likeness (QED) is 0.533. The van der Waals surface area contributed by atoms with Crippen molar-refractivity contribution < 1.29 is 9.53 Å². The Morgan fingerprint density at radius 3 is 2.65 bits per heavy atom. The van der Waals surface area contributed by atoms with E-state index in [1.807, 2.05) is 24.3 Å². The molecule has 1 aromatic heterocycles. The first-order chi connectivity index (χ1) is 9.70. The zero-order chi connectivity index (χ0) is 14.1. The third-order valence-corrected chi connectivity index (χ3v) is 4.24. The van der Waals surface area contributed by atoms with E-state index in [4.69, 9.17) is 4.74 Å². The summed E-state index contributed by atoms with van der Waals surface area (Å²) in [5.41, 5.74) is 0.374. The second-order valence-electron chi connectivity index (χ2n) is 4.36. The maximum Gasteiger partial charge on any atom is 0.338 e. The number of hydrogen-bond donors (Lipinski definition) is 0. The van der Waals surface area contributed by atoms with Gasteiger partial charge in [-0.1, -0.05) is 12.1 Å². The maximum atomic E-state index is 12.5. The van der Waals surface area contributed by atoms with Gasteiger partial charge in [-0.2, -0.15) is 0 Å². The molecule has 0 saturated heterocycles. The number of fused-ring (bicyclic) bond motifs is 2. The first-order valence-electron chi connectivity index (χ1n) is 6.33. The largest absolute Gasteiger partial charge is 0.462 e. The molecular formula is C16H12O3S. The fourth-order valence-corrected chi connectivity index (χ4v) is 3.20. The van der Waals surface area contributed by atoms with Crippen LogP contribution in [0.15, 0.2) is 47.3 Å². The molecule has 2 aromatic carbocycles. The molecule has 3 rings (SSSR count). The molecule has 0 saturated carbocycles. The van der Waals surface area contributed by atoms with Crippen molar-refractivity contribution in [1.29, 1.82) is 0 Å². The highest BCUT2D eigenvalue weighted by Gasteiger charge is 2.10. The molecular weight excluding hydrogens is 272 g/mol. The van der Waals surface area contributed by atoms with Crippen LogP contribution in [0.2, 0.25) is 0 Å². The summed E-state index contributed by atoms with van der Waals surface area (Å²) in [7, 11) is 0. The van der Waals surface area contributed by atoms with E-state index >= 15 is 0 Å². The second-order valence-corrected chi connectivity index (χ2v) is 5.44. The van der Waals surface area contributed by atoms with Gasteiger partial charge in [0, 0.05) is 20.2 Å². The van der Waals surface area contributed by atoms with Crippen LogP contribution in [0.4, 0.5) is 0 Å². The molecule has 0 amide bonds. The Bertz CT molecular complexity index is 864. The van der Waals surface area contributed by atoms with Crippen LogP contribution in [-0.2, 0) is 4.74 Å². The van der Waals surface area contributed by atoms with E-state index in [1.54, 1.807) is 36.5 Å². The van der Waals surface area contributed by atoms with E-state index in [0.717, 1.165) is 9.40 Å². The van der Waals surface area contributed by atoms with Gasteiger partial charge >= 0.3 is 5.97 Å². The van der Waals surface area contributed by atoms with Crippen molar-refractivity contribution in [2.24, 2.45) is 0 Å². The van der Waals surface area contributed by atoms with Gasteiger partial charge in [0.05, 0.1) is 12.2 Å². The van der Waals surface area contributed by atoms with Crippen molar-refractivity contribution in [3.8, 4) is 0 Å². The molecule has 0 radical (unpaired) electrons. The van der Waals surface area contributed by atoms with Gasteiger partial charge in [-0.05, 0) is 37.3 Å². The minimum Gasteiger partial charge on any atom is -0.462 e. The van der Waals surface area contributed by atoms with Gasteiger partial charge in [0.1, 0.15) is 0 Å². The van der Waals surface area contributed by atoms with Gasteiger partial charge in [-0.3, -0.25) is 4.79 Å². The lowest BCUT2D eigenvalue weighted by atomic mass is 10.1. The second kappa shape index (κ2) is 5.06. The average Bonchev–Trinajstić information content (AvgIpc) is 2.47. The normalized spacial score (nSPS) is 10.8. The molecule has 1 heterocycles. The summed E-state index contributed by atoms with van der Waals surface area (Å²) in [6.45, 7) is 2.08. The molecule has 3 nitrogen and oxygen atoms in total. The number of ether oxygens (including phenoxy) is 1. The average molecular weight is 284 g/mol. The standard InChI is InChI=1S/C16H12O3S/c1-2-19-16(18)10-7-8-14-12(9-10)15(17)11-5-3-4-6-13(11)20-14/h3-9H,2H2,1H3. The Labute approximate surface area is 119 Å². The predicted molar refractivity (Wildman–Crippen MR) is 81.6 cm³/mol. The lowest BCUT2D eigenvalue weighted by Gasteiger charge is -2.04. The molecule has 0 aliphatic rings. The molecule has 0 unspecified atom stereocenters. The predicted octanol–water partition coefficient (Wildman–Crippen LogP) is 3.59. The highest BCUT2D eigenvalue weighted by Crippen LogP contribution is 2.25. The first-order valence-corrected chi connectivity index (χ1v) is 7.15. The van der Waals surface area contributed by atoms with Crippen molar-refractivity contribution in [3.05, 3.63) is 58.3 Å². The van der Waals surface area contributed by atoms with Gasteiger partial charge in [-0.15, -0.1) is 11.3 Å². The number of esters is 1. The highest BCUT2D eigenvalue weighted by atomic mass is 32.1. The molecule has 0 bridgehead atoms. The maximum absolute atomic E-state index is 12.5. The Morgan fingerprint density at radius 2 is 1.85 bits per heavy atom. The lowest BCUT2D eigenvalue weighted by Crippen LogP contribution is -2.07. The minimum atomic E-state index is -0.396. The molecule has 0 spiro atoms. The number of benzene rings is 2. The Kier molecular flexibility index (Phi) is 3.24. The molecule has 0 N–H and O–H groups in total. The molecule has 0 aliphatic heterocycles. The topological polar surface area (TPSA) is 43.4 Å². The summed E-state index contributed by atoms with van der Waals surface area (Å²) in [6.07, 6.45) is 0. The minimum absolute atomic E-state index is 0.0412. The number of carbonyl (C=O) groups is 1. The Morgan fingerprint density at radius 1 is 1.10 bits per heavy atom. The van der Waals surface area contributed by atoms with Gasteiger partial charge in [0.2, 0.25) is 0 Å². The van der Waals surface area contributed by atoms with Crippen LogP contribution in [0, 0.1) is 0 Å². The molecule has 0 fully saturated rings. The Balaban J connectivity index is 2.28. The highest BCUT2D eigenvalue weighted by molar-refractivity contribution is 7.24. The van der Waals surface area contributed by atoms with Crippen LogP contribution in [0.1, 0.15) is 17.3 Å². The fraction of sp³-hybridized carbons (Fsp3) is 0.125. The number of carbonyl (C=O) groups excluding carboxylic acids is 1. The summed E-state index contributed by atoms with van der Waals surface area (Å²) >= 11 is 1.55. The summed E-state index contributed by atoms with van der Waals surface area (Å²) in [5.74, 6) is -0.396. The number of hydrogen-bond acceptors (Lipinski definition) is 4. The third-order valence-electron chi connectivity index (χ3n) is 3.09.